The van der Waals surface area contributed by atoms with Crippen LogP contribution in [0.4, 0.5) is 5.69 Å². The van der Waals surface area contributed by atoms with Crippen LogP contribution < -0.4 is 5.73 Å². The molecule has 3 nitrogen and oxygen atoms in total. The zero-order valence-electron chi connectivity index (χ0n) is 11.9. The second-order valence-corrected chi connectivity index (χ2v) is 6.27. The summed E-state index contributed by atoms with van der Waals surface area (Å²) in [6, 6.07) is 6.76. The standard InChI is InChI=1S/C15H24BrN3/c1-3-12(2)19-8-6-18(7-9-19)11-13-10-14(17)4-5-15(13)16/h4-5,10,12H,3,6-9,11,17H2,1-2H3. The third kappa shape index (κ3) is 3.94. The van der Waals surface area contributed by atoms with E-state index < -0.39 is 0 Å². The number of hydrogen-bond acceptors (Lipinski definition) is 3. The molecule has 0 aromatic heterocycles. The molecule has 0 aliphatic carbocycles. The summed E-state index contributed by atoms with van der Waals surface area (Å²) in [5.74, 6) is 0. The number of nitrogens with two attached hydrogens (primary N) is 1. The number of rotatable bonds is 4. The maximum Gasteiger partial charge on any atom is 0.0318 e. The molecule has 106 valence electrons. The van der Waals surface area contributed by atoms with Gasteiger partial charge in [0.25, 0.3) is 0 Å². The van der Waals surface area contributed by atoms with E-state index in [-0.39, 0.29) is 0 Å². The number of anilines is 1. The fourth-order valence-electron chi connectivity index (χ4n) is 2.58. The molecule has 1 aliphatic rings. The van der Waals surface area contributed by atoms with Crippen molar-refractivity contribution >= 4 is 21.6 Å². The highest BCUT2D eigenvalue weighted by Crippen LogP contribution is 2.22. The highest BCUT2D eigenvalue weighted by Gasteiger charge is 2.20. The lowest BCUT2D eigenvalue weighted by Crippen LogP contribution is -2.49. The summed E-state index contributed by atoms with van der Waals surface area (Å²) in [7, 11) is 0. The van der Waals surface area contributed by atoms with Gasteiger partial charge in [0.1, 0.15) is 0 Å². The first-order chi connectivity index (χ1) is 9.10. The van der Waals surface area contributed by atoms with Crippen LogP contribution in [0.3, 0.4) is 0 Å². The molecule has 1 aromatic carbocycles. The minimum Gasteiger partial charge on any atom is -0.399 e. The topological polar surface area (TPSA) is 32.5 Å². The van der Waals surface area contributed by atoms with Crippen LogP contribution in [0.25, 0.3) is 0 Å². The van der Waals surface area contributed by atoms with E-state index in [0.29, 0.717) is 6.04 Å². The van der Waals surface area contributed by atoms with Crippen LogP contribution in [-0.4, -0.2) is 42.0 Å². The van der Waals surface area contributed by atoms with Gasteiger partial charge in [0.05, 0.1) is 0 Å². The molecule has 0 saturated carbocycles. The van der Waals surface area contributed by atoms with E-state index >= 15 is 0 Å². The minimum absolute atomic E-state index is 0.709. The number of piperazine rings is 1. The average Bonchev–Trinajstić information content (AvgIpc) is 2.43. The fraction of sp³-hybridized carbons (Fsp3) is 0.600. The van der Waals surface area contributed by atoms with Gasteiger partial charge in [-0.05, 0) is 37.1 Å². The van der Waals surface area contributed by atoms with Crippen LogP contribution >= 0.6 is 15.9 Å². The van der Waals surface area contributed by atoms with Crippen molar-refractivity contribution in [2.75, 3.05) is 31.9 Å². The highest BCUT2D eigenvalue weighted by atomic mass is 79.9. The lowest BCUT2D eigenvalue weighted by Gasteiger charge is -2.38. The third-order valence-electron chi connectivity index (χ3n) is 4.08. The molecule has 0 bridgehead atoms. The number of hydrogen-bond donors (Lipinski definition) is 1. The van der Waals surface area contributed by atoms with E-state index in [1.807, 2.05) is 12.1 Å². The quantitative estimate of drug-likeness (QED) is 0.864. The summed E-state index contributed by atoms with van der Waals surface area (Å²) in [5, 5.41) is 0. The summed E-state index contributed by atoms with van der Waals surface area (Å²) in [6.45, 7) is 10.2. The molecule has 19 heavy (non-hydrogen) atoms. The Morgan fingerprint density at radius 2 is 1.95 bits per heavy atom. The van der Waals surface area contributed by atoms with E-state index in [4.69, 9.17) is 5.73 Å². The Morgan fingerprint density at radius 1 is 1.26 bits per heavy atom. The van der Waals surface area contributed by atoms with Gasteiger partial charge in [0, 0.05) is 48.9 Å². The number of nitrogen functional groups attached to an aromatic ring is 1. The first-order valence-corrected chi connectivity index (χ1v) is 7.89. The summed E-state index contributed by atoms with van der Waals surface area (Å²) in [5.41, 5.74) is 8.00. The Bertz CT molecular complexity index is 414. The average molecular weight is 326 g/mol. The summed E-state index contributed by atoms with van der Waals surface area (Å²) >= 11 is 3.61. The Hall–Kier alpha value is -0.580. The molecule has 1 saturated heterocycles. The predicted molar refractivity (Wildman–Crippen MR) is 85.2 cm³/mol. The first kappa shape index (κ1) is 14.8. The van der Waals surface area contributed by atoms with Crippen molar-refractivity contribution in [2.24, 2.45) is 0 Å². The molecule has 4 heteroatoms. The van der Waals surface area contributed by atoms with E-state index in [9.17, 15) is 0 Å². The number of halogens is 1. The molecular formula is C15H24BrN3. The van der Waals surface area contributed by atoms with Crippen LogP contribution in [-0.2, 0) is 6.54 Å². The molecule has 0 radical (unpaired) electrons. The smallest absolute Gasteiger partial charge is 0.0318 e. The molecular weight excluding hydrogens is 302 g/mol. The second kappa shape index (κ2) is 6.73. The Kier molecular flexibility index (Phi) is 5.25. The molecule has 2 N–H and O–H groups in total. The highest BCUT2D eigenvalue weighted by molar-refractivity contribution is 9.10. The van der Waals surface area contributed by atoms with E-state index in [2.05, 4.69) is 45.6 Å². The van der Waals surface area contributed by atoms with Gasteiger partial charge in [-0.2, -0.15) is 0 Å². The third-order valence-corrected chi connectivity index (χ3v) is 4.86. The summed E-state index contributed by atoms with van der Waals surface area (Å²) in [6.07, 6.45) is 1.24. The zero-order valence-corrected chi connectivity index (χ0v) is 13.5. The van der Waals surface area contributed by atoms with Crippen molar-refractivity contribution in [3.05, 3.63) is 28.2 Å². The maximum atomic E-state index is 5.86. The van der Waals surface area contributed by atoms with E-state index in [0.717, 1.165) is 29.8 Å². The van der Waals surface area contributed by atoms with Crippen LogP contribution in [0.1, 0.15) is 25.8 Å². The second-order valence-electron chi connectivity index (χ2n) is 5.42. The van der Waals surface area contributed by atoms with Gasteiger partial charge in [-0.1, -0.05) is 22.9 Å². The van der Waals surface area contributed by atoms with Crippen molar-refractivity contribution < 1.29 is 0 Å². The van der Waals surface area contributed by atoms with Crippen molar-refractivity contribution in [1.29, 1.82) is 0 Å². The van der Waals surface area contributed by atoms with Crippen LogP contribution in [0.15, 0.2) is 22.7 Å². The van der Waals surface area contributed by atoms with Gasteiger partial charge >= 0.3 is 0 Å². The first-order valence-electron chi connectivity index (χ1n) is 7.10. The summed E-state index contributed by atoms with van der Waals surface area (Å²) < 4.78 is 1.16. The summed E-state index contributed by atoms with van der Waals surface area (Å²) in [4.78, 5) is 5.10. The Balaban J connectivity index is 1.90. The van der Waals surface area contributed by atoms with Gasteiger partial charge < -0.3 is 5.73 Å². The Morgan fingerprint density at radius 3 is 2.58 bits per heavy atom. The normalized spacial score (nSPS) is 19.5. The molecule has 1 aromatic rings. The maximum absolute atomic E-state index is 5.86. The molecule has 1 fully saturated rings. The van der Waals surface area contributed by atoms with Crippen LogP contribution in [0.5, 0.6) is 0 Å². The molecule has 1 unspecified atom stereocenters. The van der Waals surface area contributed by atoms with Gasteiger partial charge in [0.2, 0.25) is 0 Å². The van der Waals surface area contributed by atoms with Crippen LogP contribution in [0.2, 0.25) is 0 Å². The van der Waals surface area contributed by atoms with Crippen molar-refractivity contribution in [3.8, 4) is 0 Å². The Labute approximate surface area is 124 Å². The largest absolute Gasteiger partial charge is 0.399 e. The van der Waals surface area contributed by atoms with Gasteiger partial charge in [-0.15, -0.1) is 0 Å². The molecule has 0 amide bonds. The zero-order chi connectivity index (χ0) is 13.8. The lowest BCUT2D eigenvalue weighted by molar-refractivity contribution is 0.0962. The van der Waals surface area contributed by atoms with Gasteiger partial charge in [0.15, 0.2) is 0 Å². The van der Waals surface area contributed by atoms with Gasteiger partial charge in [-0.25, -0.2) is 0 Å². The number of benzene rings is 1. The molecule has 1 atom stereocenters. The molecule has 1 aliphatic heterocycles. The molecule has 2 rings (SSSR count). The van der Waals surface area contributed by atoms with Crippen molar-refractivity contribution in [3.63, 3.8) is 0 Å². The fourth-order valence-corrected chi connectivity index (χ4v) is 2.95. The minimum atomic E-state index is 0.709. The van der Waals surface area contributed by atoms with Crippen molar-refractivity contribution in [2.45, 2.75) is 32.9 Å². The van der Waals surface area contributed by atoms with Gasteiger partial charge in [-0.3, -0.25) is 9.80 Å². The van der Waals surface area contributed by atoms with Crippen molar-refractivity contribution in [1.82, 2.24) is 9.80 Å². The lowest BCUT2D eigenvalue weighted by atomic mass is 10.1. The SMILES string of the molecule is CCC(C)N1CCN(Cc2cc(N)ccc2Br)CC1. The monoisotopic (exact) mass is 325 g/mol. The molecule has 0 spiro atoms. The van der Waals surface area contributed by atoms with E-state index in [1.54, 1.807) is 0 Å². The molecule has 1 heterocycles. The predicted octanol–water partition coefficient (Wildman–Crippen LogP) is 2.95. The number of nitrogens with zero attached hydrogens (tertiary/aromatic N) is 2. The van der Waals surface area contributed by atoms with Crippen LogP contribution in [0, 0.1) is 0 Å². The van der Waals surface area contributed by atoms with E-state index in [1.165, 1.54) is 25.1 Å².